The summed E-state index contributed by atoms with van der Waals surface area (Å²) in [5.41, 5.74) is -0.574. The fraction of sp³-hybridized carbons (Fsp3) is 0.500. The van der Waals surface area contributed by atoms with Crippen molar-refractivity contribution in [3.63, 3.8) is 0 Å². The highest BCUT2D eigenvalue weighted by atomic mass is 35.5. The van der Waals surface area contributed by atoms with E-state index in [1.807, 2.05) is 6.92 Å². The fourth-order valence-corrected chi connectivity index (χ4v) is 4.03. The quantitative estimate of drug-likeness (QED) is 0.461. The molecule has 0 unspecified atom stereocenters. The zero-order valence-corrected chi connectivity index (χ0v) is 16.6. The number of rotatable bonds is 5. The maximum atomic E-state index is 12.9. The van der Waals surface area contributed by atoms with Crippen molar-refractivity contribution in [2.45, 2.75) is 51.2 Å². The molecule has 0 radical (unpaired) electrons. The lowest BCUT2D eigenvalue weighted by Gasteiger charge is -2.36. The Hall–Kier alpha value is -2.41. The lowest BCUT2D eigenvalue weighted by Crippen LogP contribution is -2.54. The topological polar surface area (TPSA) is 92.8 Å². The first-order valence-corrected chi connectivity index (χ1v) is 9.76. The molecule has 7 nitrogen and oxygen atoms in total. The minimum absolute atomic E-state index is 0.00382. The number of benzene rings is 1. The van der Waals surface area contributed by atoms with Crippen molar-refractivity contribution in [1.82, 2.24) is 10.2 Å². The first-order chi connectivity index (χ1) is 13.2. The van der Waals surface area contributed by atoms with E-state index in [1.165, 1.54) is 6.92 Å². The minimum Gasteiger partial charge on any atom is -0.453 e. The van der Waals surface area contributed by atoms with Gasteiger partial charge in [0.15, 0.2) is 6.10 Å². The molecule has 150 valence electrons. The molecule has 3 rings (SSSR count). The highest BCUT2D eigenvalue weighted by Crippen LogP contribution is 2.38. The Labute approximate surface area is 168 Å². The summed E-state index contributed by atoms with van der Waals surface area (Å²) >= 11 is 5.80. The van der Waals surface area contributed by atoms with E-state index in [2.05, 4.69) is 5.32 Å². The number of ketones is 1. The molecule has 3 amide bonds. The van der Waals surface area contributed by atoms with Gasteiger partial charge in [0, 0.05) is 10.6 Å². The number of nitrogens with zero attached hydrogens (tertiary/aromatic N) is 1. The molecule has 1 aromatic carbocycles. The van der Waals surface area contributed by atoms with Crippen LogP contribution >= 0.6 is 11.6 Å². The molecule has 1 heterocycles. The second-order valence-corrected chi connectivity index (χ2v) is 7.88. The van der Waals surface area contributed by atoms with Crippen molar-refractivity contribution in [1.29, 1.82) is 0 Å². The monoisotopic (exact) mass is 406 g/mol. The normalized spacial score (nSPS) is 25.5. The maximum absolute atomic E-state index is 12.9. The van der Waals surface area contributed by atoms with Crippen molar-refractivity contribution in [3.8, 4) is 0 Å². The van der Waals surface area contributed by atoms with Gasteiger partial charge in [0.25, 0.3) is 5.91 Å². The molecule has 1 aliphatic heterocycles. The Morgan fingerprint density at radius 2 is 1.96 bits per heavy atom. The van der Waals surface area contributed by atoms with Crippen molar-refractivity contribution in [2.75, 3.05) is 6.54 Å². The Kier molecular flexibility index (Phi) is 5.74. The number of halogens is 1. The lowest BCUT2D eigenvalue weighted by molar-refractivity contribution is -0.150. The number of carbonyl (C=O) groups is 4. The van der Waals surface area contributed by atoms with Crippen LogP contribution in [0.25, 0.3) is 0 Å². The smallest absolute Gasteiger partial charge is 0.326 e. The zero-order valence-electron chi connectivity index (χ0n) is 15.9. The first-order valence-electron chi connectivity index (χ1n) is 9.38. The minimum atomic E-state index is -1.04. The van der Waals surface area contributed by atoms with Gasteiger partial charge in [0.05, 0.1) is 0 Å². The van der Waals surface area contributed by atoms with Crippen LogP contribution < -0.4 is 5.32 Å². The summed E-state index contributed by atoms with van der Waals surface area (Å²) in [5.74, 6) is -1.58. The highest BCUT2D eigenvalue weighted by molar-refractivity contribution is 6.30. The summed E-state index contributed by atoms with van der Waals surface area (Å²) in [7, 11) is 0. The second-order valence-electron chi connectivity index (χ2n) is 7.44. The fourth-order valence-electron chi connectivity index (χ4n) is 3.90. The SMILES string of the molecule is C[C@H](OC(=O)CN1C(=O)N[C@]2(CCCC[C@H]2C)C1=O)C(=O)c1ccc(Cl)cc1. The van der Waals surface area contributed by atoms with E-state index >= 15 is 0 Å². The van der Waals surface area contributed by atoms with Crippen molar-refractivity contribution < 1.29 is 23.9 Å². The van der Waals surface area contributed by atoms with Crippen molar-refractivity contribution >= 4 is 35.3 Å². The van der Waals surface area contributed by atoms with Crippen LogP contribution in [0.5, 0.6) is 0 Å². The van der Waals surface area contributed by atoms with Gasteiger partial charge in [-0.3, -0.25) is 19.3 Å². The van der Waals surface area contributed by atoms with Crippen molar-refractivity contribution in [2.24, 2.45) is 5.92 Å². The first kappa shape index (κ1) is 20.3. The van der Waals surface area contributed by atoms with Crippen LogP contribution in [0.1, 0.15) is 49.9 Å². The Bertz CT molecular complexity index is 809. The largest absolute Gasteiger partial charge is 0.453 e. The number of ether oxygens (including phenoxy) is 1. The van der Waals surface area contributed by atoms with E-state index in [0.717, 1.165) is 24.2 Å². The van der Waals surface area contributed by atoms with Gasteiger partial charge < -0.3 is 10.1 Å². The number of amides is 3. The van der Waals surface area contributed by atoms with Crippen LogP contribution in [-0.4, -0.2) is 46.8 Å². The Morgan fingerprint density at radius 3 is 2.61 bits per heavy atom. The molecule has 1 aliphatic carbocycles. The lowest BCUT2D eigenvalue weighted by atomic mass is 9.73. The number of nitrogens with one attached hydrogen (secondary N) is 1. The second kappa shape index (κ2) is 7.91. The number of imide groups is 1. The van der Waals surface area contributed by atoms with Gasteiger partial charge in [0.2, 0.25) is 5.78 Å². The molecule has 2 fully saturated rings. The van der Waals surface area contributed by atoms with Crippen LogP contribution in [0.4, 0.5) is 4.79 Å². The molecule has 2 aliphatic rings. The van der Waals surface area contributed by atoms with Crippen LogP contribution in [0, 0.1) is 5.92 Å². The molecule has 1 aromatic rings. The van der Waals surface area contributed by atoms with Gasteiger partial charge in [0.1, 0.15) is 12.1 Å². The number of hydrogen-bond acceptors (Lipinski definition) is 5. The number of esters is 1. The predicted molar refractivity (Wildman–Crippen MR) is 102 cm³/mol. The van der Waals surface area contributed by atoms with Crippen molar-refractivity contribution in [3.05, 3.63) is 34.9 Å². The maximum Gasteiger partial charge on any atom is 0.326 e. The highest BCUT2D eigenvalue weighted by Gasteiger charge is 2.55. The van der Waals surface area contributed by atoms with E-state index in [-0.39, 0.29) is 11.7 Å². The Morgan fingerprint density at radius 1 is 1.29 bits per heavy atom. The summed E-state index contributed by atoms with van der Waals surface area (Å²) in [5, 5.41) is 3.27. The molecule has 1 N–H and O–H groups in total. The summed E-state index contributed by atoms with van der Waals surface area (Å²) in [6.07, 6.45) is 2.23. The molecule has 8 heteroatoms. The van der Waals surface area contributed by atoms with Gasteiger partial charge in [-0.15, -0.1) is 0 Å². The standard InChI is InChI=1S/C20H23ClN2O5/c1-12-5-3-4-10-20(12)18(26)23(19(27)22-20)11-16(24)28-13(2)17(25)14-6-8-15(21)9-7-14/h6-9,12-13H,3-5,10-11H2,1-2H3,(H,22,27)/t12-,13+,20+/m1/s1. The Balaban J connectivity index is 1.62. The number of urea groups is 1. The van der Waals surface area contributed by atoms with Gasteiger partial charge in [-0.1, -0.05) is 31.4 Å². The molecule has 3 atom stereocenters. The van der Waals surface area contributed by atoms with Crippen LogP contribution in [0.15, 0.2) is 24.3 Å². The van der Waals surface area contributed by atoms with Gasteiger partial charge >= 0.3 is 12.0 Å². The predicted octanol–water partition coefficient (Wildman–Crippen LogP) is 2.96. The number of carbonyl (C=O) groups excluding carboxylic acids is 4. The molecule has 0 bridgehead atoms. The zero-order chi connectivity index (χ0) is 20.5. The molecular formula is C20H23ClN2O5. The summed E-state index contributed by atoms with van der Waals surface area (Å²) in [6, 6.07) is 5.64. The van der Waals surface area contributed by atoms with Gasteiger partial charge in [-0.25, -0.2) is 4.79 Å². The van der Waals surface area contributed by atoms with Gasteiger partial charge in [-0.2, -0.15) is 0 Å². The van der Waals surface area contributed by atoms with Crippen LogP contribution in [0.3, 0.4) is 0 Å². The third kappa shape index (κ3) is 3.76. The molecule has 1 spiro atoms. The van der Waals surface area contributed by atoms with E-state index < -0.39 is 36.1 Å². The van der Waals surface area contributed by atoms with E-state index in [9.17, 15) is 19.2 Å². The van der Waals surface area contributed by atoms with E-state index in [0.29, 0.717) is 17.0 Å². The van der Waals surface area contributed by atoms with Gasteiger partial charge in [-0.05, 0) is 49.9 Å². The average Bonchev–Trinajstić information content (AvgIpc) is 2.89. The molecule has 1 saturated carbocycles. The number of hydrogen-bond donors (Lipinski definition) is 1. The number of Topliss-reactive ketones (excluding diaryl/α,β-unsaturated/α-hetero) is 1. The van der Waals surface area contributed by atoms with E-state index in [4.69, 9.17) is 16.3 Å². The summed E-state index contributed by atoms with van der Waals surface area (Å²) in [6.45, 7) is 2.87. The molecule has 1 saturated heterocycles. The third-order valence-electron chi connectivity index (χ3n) is 5.59. The van der Waals surface area contributed by atoms with E-state index in [1.54, 1.807) is 24.3 Å². The molecule has 0 aromatic heterocycles. The van der Waals surface area contributed by atoms with Crippen LogP contribution in [-0.2, 0) is 14.3 Å². The summed E-state index contributed by atoms with van der Waals surface area (Å²) in [4.78, 5) is 50.7. The molecule has 28 heavy (non-hydrogen) atoms. The summed E-state index contributed by atoms with van der Waals surface area (Å²) < 4.78 is 5.16. The average molecular weight is 407 g/mol. The third-order valence-corrected chi connectivity index (χ3v) is 5.85. The van der Waals surface area contributed by atoms with Crippen LogP contribution in [0.2, 0.25) is 5.02 Å². The molecular weight excluding hydrogens is 384 g/mol.